The number of hydrogen-bond donors (Lipinski definition) is 0. The van der Waals surface area contributed by atoms with Gasteiger partial charge < -0.3 is 0 Å². The molecule has 1 aliphatic heterocycles. The van der Waals surface area contributed by atoms with Crippen LogP contribution in [0.1, 0.15) is 21.1 Å². The SMILES string of the molecule is O=Cc1cc(C2[B]C2)cs1. The Morgan fingerprint density at radius 3 is 3.10 bits per heavy atom. The van der Waals surface area contributed by atoms with Crippen molar-refractivity contribution in [1.82, 2.24) is 0 Å². The van der Waals surface area contributed by atoms with Gasteiger partial charge in [-0.05, 0) is 17.0 Å². The molecule has 0 aliphatic carbocycles. The van der Waals surface area contributed by atoms with Crippen LogP contribution in [-0.4, -0.2) is 13.6 Å². The maximum absolute atomic E-state index is 10.3. The van der Waals surface area contributed by atoms with Crippen molar-refractivity contribution in [2.24, 2.45) is 0 Å². The van der Waals surface area contributed by atoms with Crippen molar-refractivity contribution in [2.45, 2.75) is 12.1 Å². The Morgan fingerprint density at radius 2 is 2.60 bits per heavy atom. The molecule has 2 heterocycles. The molecule has 0 N–H and O–H groups in total. The fourth-order valence-electron chi connectivity index (χ4n) is 0.965. The summed E-state index contributed by atoms with van der Waals surface area (Å²) in [6, 6.07) is 1.98. The fraction of sp³-hybridized carbons (Fsp3) is 0.286. The van der Waals surface area contributed by atoms with Crippen LogP contribution in [0.4, 0.5) is 0 Å². The average Bonchev–Trinajstić information content (AvgIpc) is 2.70. The molecule has 0 saturated carbocycles. The van der Waals surface area contributed by atoms with E-state index in [-0.39, 0.29) is 0 Å². The minimum absolute atomic E-state index is 0.657. The highest BCUT2D eigenvalue weighted by atomic mass is 32.1. The molecule has 0 aromatic carbocycles. The number of thiophene rings is 1. The number of carbonyl (C=O) groups excluding carboxylic acids is 1. The predicted molar refractivity (Wildman–Crippen MR) is 43.0 cm³/mol. The third kappa shape index (κ3) is 1.01. The van der Waals surface area contributed by atoms with Crippen LogP contribution in [0.2, 0.25) is 6.32 Å². The lowest BCUT2D eigenvalue weighted by Gasteiger charge is -1.84. The topological polar surface area (TPSA) is 17.1 Å². The number of hydrogen-bond acceptors (Lipinski definition) is 2. The molecular formula is C7H6BOS. The third-order valence-electron chi connectivity index (χ3n) is 1.66. The molecule has 1 unspecified atom stereocenters. The highest BCUT2D eigenvalue weighted by molar-refractivity contribution is 7.11. The monoisotopic (exact) mass is 149 g/mol. The molecule has 1 fully saturated rings. The molecule has 10 heavy (non-hydrogen) atoms. The first kappa shape index (κ1) is 6.16. The summed E-state index contributed by atoms with van der Waals surface area (Å²) in [4.78, 5) is 11.1. The summed E-state index contributed by atoms with van der Waals surface area (Å²) in [6.45, 7) is 0. The van der Waals surface area contributed by atoms with Gasteiger partial charge in [-0.25, -0.2) is 0 Å². The van der Waals surface area contributed by atoms with Crippen LogP contribution in [0, 0.1) is 0 Å². The van der Waals surface area contributed by atoms with E-state index in [0.29, 0.717) is 5.82 Å². The standard InChI is InChI=1S/C7H6BOS/c9-3-6-1-5(4-10-6)7-2-8-7/h1,3-4,7H,2H2. The fourth-order valence-corrected chi connectivity index (χ4v) is 1.74. The third-order valence-corrected chi connectivity index (χ3v) is 2.53. The maximum Gasteiger partial charge on any atom is 0.160 e. The lowest BCUT2D eigenvalue weighted by Crippen LogP contribution is -1.72. The van der Waals surface area contributed by atoms with E-state index in [0.717, 1.165) is 11.2 Å². The smallest absolute Gasteiger partial charge is 0.160 e. The summed E-state index contributed by atoms with van der Waals surface area (Å²) in [5.74, 6) is 0.657. The van der Waals surface area contributed by atoms with Crippen LogP contribution < -0.4 is 0 Å². The summed E-state index contributed by atoms with van der Waals surface area (Å²) >= 11 is 1.53. The molecule has 1 aromatic heterocycles. The minimum Gasteiger partial charge on any atom is -0.297 e. The molecule has 49 valence electrons. The molecule has 2 rings (SSSR count). The molecule has 0 spiro atoms. The molecule has 1 saturated heterocycles. The zero-order chi connectivity index (χ0) is 6.97. The first-order chi connectivity index (χ1) is 4.90. The van der Waals surface area contributed by atoms with Gasteiger partial charge in [0.25, 0.3) is 0 Å². The molecule has 1 aromatic rings. The molecule has 0 amide bonds. The number of carbonyl (C=O) groups is 1. The first-order valence-electron chi connectivity index (χ1n) is 3.27. The summed E-state index contributed by atoms with van der Waals surface area (Å²) < 4.78 is 0. The lowest BCUT2D eigenvalue weighted by molar-refractivity contribution is 0.112. The zero-order valence-electron chi connectivity index (χ0n) is 5.41. The Morgan fingerprint density at radius 1 is 1.80 bits per heavy atom. The van der Waals surface area contributed by atoms with Gasteiger partial charge in [-0.3, -0.25) is 4.79 Å². The second-order valence-corrected chi connectivity index (χ2v) is 3.42. The molecule has 1 aliphatic rings. The molecule has 1 radical (unpaired) electrons. The van der Waals surface area contributed by atoms with Crippen LogP contribution in [0.15, 0.2) is 11.4 Å². The summed E-state index contributed by atoms with van der Waals surface area (Å²) in [5, 5.41) is 2.07. The summed E-state index contributed by atoms with van der Waals surface area (Å²) in [5.41, 5.74) is 1.31. The second-order valence-electron chi connectivity index (χ2n) is 2.48. The van der Waals surface area contributed by atoms with E-state index < -0.39 is 0 Å². The van der Waals surface area contributed by atoms with Crippen molar-refractivity contribution in [3.05, 3.63) is 21.9 Å². The van der Waals surface area contributed by atoms with Crippen LogP contribution in [0.3, 0.4) is 0 Å². The molecule has 3 heteroatoms. The quantitative estimate of drug-likeness (QED) is 0.462. The van der Waals surface area contributed by atoms with E-state index in [9.17, 15) is 4.79 Å². The highest BCUT2D eigenvalue weighted by Gasteiger charge is 2.25. The number of rotatable bonds is 2. The van der Waals surface area contributed by atoms with Crippen LogP contribution in [-0.2, 0) is 0 Å². The van der Waals surface area contributed by atoms with E-state index in [1.165, 1.54) is 23.2 Å². The normalized spacial score (nSPS) is 21.8. The van der Waals surface area contributed by atoms with Gasteiger partial charge in [-0.2, -0.15) is 0 Å². The van der Waals surface area contributed by atoms with Gasteiger partial charge in [-0.1, -0.05) is 12.1 Å². The van der Waals surface area contributed by atoms with Crippen molar-refractivity contribution in [2.75, 3.05) is 0 Å². The second kappa shape index (κ2) is 2.24. The highest BCUT2D eigenvalue weighted by Crippen LogP contribution is 2.34. The Labute approximate surface area is 64.3 Å². The average molecular weight is 149 g/mol. The van der Waals surface area contributed by atoms with E-state index in [1.54, 1.807) is 0 Å². The Hall–Kier alpha value is -0.565. The maximum atomic E-state index is 10.3. The van der Waals surface area contributed by atoms with Gasteiger partial charge in [0, 0.05) is 0 Å². The van der Waals surface area contributed by atoms with Gasteiger partial charge in [0.15, 0.2) is 6.29 Å². The summed E-state index contributed by atoms with van der Waals surface area (Å²) in [6.07, 6.45) is 2.10. The van der Waals surface area contributed by atoms with Crippen molar-refractivity contribution >= 4 is 24.9 Å². The van der Waals surface area contributed by atoms with Crippen molar-refractivity contribution in [1.29, 1.82) is 0 Å². The molecule has 1 nitrogen and oxygen atoms in total. The molecule has 1 atom stereocenters. The van der Waals surface area contributed by atoms with Gasteiger partial charge in [0.2, 0.25) is 0 Å². The van der Waals surface area contributed by atoms with Crippen LogP contribution in [0.5, 0.6) is 0 Å². The zero-order valence-corrected chi connectivity index (χ0v) is 6.23. The Balaban J connectivity index is 2.26. The predicted octanol–water partition coefficient (Wildman–Crippen LogP) is 1.74. The van der Waals surface area contributed by atoms with Gasteiger partial charge >= 0.3 is 0 Å². The van der Waals surface area contributed by atoms with E-state index >= 15 is 0 Å². The van der Waals surface area contributed by atoms with E-state index in [2.05, 4.69) is 12.7 Å². The number of aldehydes is 1. The van der Waals surface area contributed by atoms with Crippen molar-refractivity contribution < 1.29 is 4.79 Å². The molecule has 0 bridgehead atoms. The van der Waals surface area contributed by atoms with Gasteiger partial charge in [0.1, 0.15) is 7.28 Å². The van der Waals surface area contributed by atoms with Gasteiger partial charge in [-0.15, -0.1) is 11.3 Å². The Kier molecular flexibility index (Phi) is 1.38. The first-order valence-corrected chi connectivity index (χ1v) is 4.15. The van der Waals surface area contributed by atoms with E-state index in [4.69, 9.17) is 0 Å². The minimum atomic E-state index is 0.657. The molecular weight excluding hydrogens is 143 g/mol. The Bertz CT molecular complexity index is 252. The largest absolute Gasteiger partial charge is 0.297 e. The van der Waals surface area contributed by atoms with Crippen molar-refractivity contribution in [3.63, 3.8) is 0 Å². The lowest BCUT2D eigenvalue weighted by atomic mass is 9.98. The van der Waals surface area contributed by atoms with Crippen LogP contribution >= 0.6 is 11.3 Å². The van der Waals surface area contributed by atoms with Gasteiger partial charge in [0.05, 0.1) is 4.88 Å². The van der Waals surface area contributed by atoms with E-state index in [1.807, 2.05) is 6.07 Å². The van der Waals surface area contributed by atoms with Crippen molar-refractivity contribution in [3.8, 4) is 0 Å². The van der Waals surface area contributed by atoms with Crippen LogP contribution in [0.25, 0.3) is 0 Å². The summed E-state index contributed by atoms with van der Waals surface area (Å²) in [7, 11) is 2.25.